The fourth-order valence-corrected chi connectivity index (χ4v) is 5.13. The summed E-state index contributed by atoms with van der Waals surface area (Å²) in [6.07, 6.45) is 1.37. The van der Waals surface area contributed by atoms with Gasteiger partial charge in [-0.3, -0.25) is 9.52 Å². The van der Waals surface area contributed by atoms with Gasteiger partial charge in [-0.25, -0.2) is 13.2 Å². The second-order valence-electron chi connectivity index (χ2n) is 7.70. The van der Waals surface area contributed by atoms with Gasteiger partial charge < -0.3 is 24.2 Å². The molecule has 10 nitrogen and oxygen atoms in total. The number of methoxy groups -OCH3 is 2. The molecule has 2 aromatic rings. The van der Waals surface area contributed by atoms with Gasteiger partial charge in [0.05, 0.1) is 38.0 Å². The number of hydrogen-bond acceptors (Lipinski definition) is 8. The van der Waals surface area contributed by atoms with Gasteiger partial charge in [0.1, 0.15) is 16.4 Å². The summed E-state index contributed by atoms with van der Waals surface area (Å²) in [5, 5.41) is 9.81. The quantitative estimate of drug-likeness (QED) is 0.507. The van der Waals surface area contributed by atoms with Crippen molar-refractivity contribution in [3.05, 3.63) is 42.0 Å². The number of carbonyl (C=O) groups is 2. The molecule has 0 spiro atoms. The second-order valence-corrected chi connectivity index (χ2v) is 9.35. The minimum atomic E-state index is -4.12. The molecule has 0 aliphatic carbocycles. The summed E-state index contributed by atoms with van der Waals surface area (Å²) in [5.41, 5.74) is 0.399. The highest BCUT2D eigenvalue weighted by atomic mass is 32.2. The van der Waals surface area contributed by atoms with Crippen LogP contribution in [0.3, 0.4) is 0 Å². The number of esters is 1. The number of rotatable bonds is 9. The predicted molar refractivity (Wildman–Crippen MR) is 125 cm³/mol. The van der Waals surface area contributed by atoms with Crippen molar-refractivity contribution in [1.82, 2.24) is 0 Å². The lowest BCUT2D eigenvalue weighted by molar-refractivity contribution is -0.148. The van der Waals surface area contributed by atoms with E-state index in [1.165, 1.54) is 44.6 Å². The average Bonchev–Trinajstić information content (AvgIpc) is 2.83. The number of anilines is 2. The van der Waals surface area contributed by atoms with E-state index < -0.39 is 16.0 Å². The number of ether oxygens (including phenoxy) is 3. The van der Waals surface area contributed by atoms with Crippen molar-refractivity contribution >= 4 is 33.3 Å². The first-order chi connectivity index (χ1) is 16.2. The molecule has 1 atom stereocenters. The van der Waals surface area contributed by atoms with Gasteiger partial charge in [-0.05, 0) is 50.1 Å². The third kappa shape index (κ3) is 5.53. The second kappa shape index (κ2) is 10.6. The molecule has 1 fully saturated rings. The van der Waals surface area contributed by atoms with Crippen LogP contribution in [0, 0.1) is 5.92 Å². The summed E-state index contributed by atoms with van der Waals surface area (Å²) >= 11 is 0. The SMILES string of the molecule is CCOC(=O)[C@@H]1CCCN(c2ccc(NS(=O)(=O)c3cc(OC)ccc3OC)cc2C(=O)O)C1. The van der Waals surface area contributed by atoms with E-state index in [1.54, 1.807) is 13.0 Å². The predicted octanol–water partition coefficient (Wildman–Crippen LogP) is 2.98. The van der Waals surface area contributed by atoms with Crippen LogP contribution in [0.25, 0.3) is 0 Å². The number of nitrogens with one attached hydrogen (secondary N) is 1. The summed E-state index contributed by atoms with van der Waals surface area (Å²) < 4.78 is 43.9. The molecule has 0 unspecified atom stereocenters. The first-order valence-corrected chi connectivity index (χ1v) is 12.2. The Labute approximate surface area is 198 Å². The molecule has 184 valence electrons. The van der Waals surface area contributed by atoms with Crippen LogP contribution in [0.1, 0.15) is 30.1 Å². The minimum Gasteiger partial charge on any atom is -0.497 e. The molecule has 0 radical (unpaired) electrons. The molecule has 3 rings (SSSR count). The highest BCUT2D eigenvalue weighted by molar-refractivity contribution is 7.92. The zero-order valence-electron chi connectivity index (χ0n) is 19.2. The number of nitrogens with zero attached hydrogens (tertiary/aromatic N) is 1. The van der Waals surface area contributed by atoms with E-state index in [0.29, 0.717) is 37.4 Å². The summed E-state index contributed by atoms with van der Waals surface area (Å²) in [5.74, 6) is -1.44. The summed E-state index contributed by atoms with van der Waals surface area (Å²) in [6.45, 7) is 2.91. The Hall–Kier alpha value is -3.47. The van der Waals surface area contributed by atoms with Crippen LogP contribution in [-0.4, -0.2) is 59.4 Å². The van der Waals surface area contributed by atoms with Gasteiger partial charge in [-0.1, -0.05) is 0 Å². The van der Waals surface area contributed by atoms with Crippen LogP contribution in [-0.2, 0) is 19.6 Å². The smallest absolute Gasteiger partial charge is 0.337 e. The lowest BCUT2D eigenvalue weighted by atomic mass is 9.97. The van der Waals surface area contributed by atoms with E-state index in [2.05, 4.69) is 4.72 Å². The van der Waals surface area contributed by atoms with Gasteiger partial charge in [-0.2, -0.15) is 0 Å². The number of carboxylic acid groups (broad SMARTS) is 1. The molecule has 0 saturated carbocycles. The molecule has 34 heavy (non-hydrogen) atoms. The topological polar surface area (TPSA) is 131 Å². The van der Waals surface area contributed by atoms with Crippen molar-refractivity contribution in [2.24, 2.45) is 5.92 Å². The molecular weight excluding hydrogens is 464 g/mol. The number of carboxylic acids is 1. The highest BCUT2D eigenvalue weighted by Crippen LogP contribution is 2.32. The number of carbonyl (C=O) groups excluding carboxylic acids is 1. The molecule has 1 aliphatic heterocycles. The van der Waals surface area contributed by atoms with Crippen LogP contribution in [0.2, 0.25) is 0 Å². The Morgan fingerprint density at radius 1 is 1.15 bits per heavy atom. The van der Waals surface area contributed by atoms with Gasteiger partial charge in [0.15, 0.2) is 0 Å². The van der Waals surface area contributed by atoms with E-state index in [9.17, 15) is 23.1 Å². The van der Waals surface area contributed by atoms with E-state index in [4.69, 9.17) is 14.2 Å². The Balaban J connectivity index is 1.90. The van der Waals surface area contributed by atoms with E-state index >= 15 is 0 Å². The maximum absolute atomic E-state index is 13.0. The van der Waals surface area contributed by atoms with Crippen LogP contribution in [0.5, 0.6) is 11.5 Å². The van der Waals surface area contributed by atoms with Gasteiger partial charge in [0, 0.05) is 24.8 Å². The zero-order chi connectivity index (χ0) is 24.9. The first kappa shape index (κ1) is 25.2. The van der Waals surface area contributed by atoms with Crippen LogP contribution in [0.4, 0.5) is 11.4 Å². The van der Waals surface area contributed by atoms with Crippen molar-refractivity contribution in [2.75, 3.05) is 43.5 Å². The van der Waals surface area contributed by atoms with Crippen LogP contribution >= 0.6 is 0 Å². The van der Waals surface area contributed by atoms with E-state index in [0.717, 1.165) is 0 Å². The molecule has 11 heteroatoms. The molecule has 1 heterocycles. The van der Waals surface area contributed by atoms with Gasteiger partial charge in [0.2, 0.25) is 0 Å². The fraction of sp³-hybridized carbons (Fsp3) is 0.391. The molecule has 2 N–H and O–H groups in total. The monoisotopic (exact) mass is 492 g/mol. The van der Waals surface area contributed by atoms with E-state index in [1.807, 2.05) is 4.90 Å². The van der Waals surface area contributed by atoms with Crippen molar-refractivity contribution in [1.29, 1.82) is 0 Å². The standard InChI is InChI=1S/C23H28N2O8S/c1-4-33-23(28)15-6-5-11-25(14-15)19-9-7-16(12-18(19)22(26)27)24-34(29,30)21-13-17(31-2)8-10-20(21)32-3/h7-10,12-13,15,24H,4-6,11,14H2,1-3H3,(H,26,27)/t15-/m1/s1. The first-order valence-electron chi connectivity index (χ1n) is 10.7. The Kier molecular flexibility index (Phi) is 7.87. The normalized spacial score (nSPS) is 16.0. The Bertz CT molecular complexity index is 1170. The summed E-state index contributed by atoms with van der Waals surface area (Å²) in [7, 11) is -1.36. The lowest BCUT2D eigenvalue weighted by Gasteiger charge is -2.34. The minimum absolute atomic E-state index is 0.0741. The highest BCUT2D eigenvalue weighted by Gasteiger charge is 2.29. The maximum Gasteiger partial charge on any atom is 0.337 e. The van der Waals surface area contributed by atoms with Gasteiger partial charge in [-0.15, -0.1) is 0 Å². The molecular formula is C23H28N2O8S. The Morgan fingerprint density at radius 3 is 2.56 bits per heavy atom. The largest absolute Gasteiger partial charge is 0.497 e. The molecule has 1 aliphatic rings. The number of piperidine rings is 1. The summed E-state index contributed by atoms with van der Waals surface area (Å²) in [6, 6.07) is 8.64. The molecule has 1 saturated heterocycles. The van der Waals surface area contributed by atoms with Crippen LogP contribution < -0.4 is 19.1 Å². The van der Waals surface area contributed by atoms with Crippen molar-refractivity contribution in [3.8, 4) is 11.5 Å². The van der Waals surface area contributed by atoms with Crippen molar-refractivity contribution in [2.45, 2.75) is 24.7 Å². The molecule has 0 bridgehead atoms. The lowest BCUT2D eigenvalue weighted by Crippen LogP contribution is -2.40. The maximum atomic E-state index is 13.0. The number of benzene rings is 2. The van der Waals surface area contributed by atoms with E-state index in [-0.39, 0.29) is 40.4 Å². The molecule has 2 aromatic carbocycles. The summed E-state index contributed by atoms with van der Waals surface area (Å²) in [4.78, 5) is 25.9. The molecule has 0 amide bonds. The Morgan fingerprint density at radius 2 is 1.91 bits per heavy atom. The number of aromatic carboxylic acids is 1. The average molecular weight is 493 g/mol. The number of hydrogen-bond donors (Lipinski definition) is 2. The zero-order valence-corrected chi connectivity index (χ0v) is 20.1. The number of sulfonamides is 1. The van der Waals surface area contributed by atoms with Gasteiger partial charge >= 0.3 is 11.9 Å². The van der Waals surface area contributed by atoms with Gasteiger partial charge in [0.25, 0.3) is 10.0 Å². The van der Waals surface area contributed by atoms with Crippen molar-refractivity contribution in [3.63, 3.8) is 0 Å². The third-order valence-electron chi connectivity index (χ3n) is 5.52. The molecule has 0 aromatic heterocycles. The fourth-order valence-electron chi connectivity index (χ4n) is 3.90. The van der Waals surface area contributed by atoms with Crippen LogP contribution in [0.15, 0.2) is 41.3 Å². The third-order valence-corrected chi connectivity index (χ3v) is 6.92. The van der Waals surface area contributed by atoms with Crippen molar-refractivity contribution < 1.29 is 37.3 Å².